The minimum Gasteiger partial charge on any atom is -0.443 e. The van der Waals surface area contributed by atoms with Crippen LogP contribution in [0.3, 0.4) is 0 Å². The molecule has 0 N–H and O–H groups in total. The van der Waals surface area contributed by atoms with Gasteiger partial charge < -0.3 is 4.74 Å². The van der Waals surface area contributed by atoms with E-state index in [4.69, 9.17) is 4.74 Å². The van der Waals surface area contributed by atoms with Crippen LogP contribution < -0.4 is 4.90 Å². The fourth-order valence-electron chi connectivity index (χ4n) is 2.28. The van der Waals surface area contributed by atoms with Gasteiger partial charge in [-0.2, -0.15) is 0 Å². The van der Waals surface area contributed by atoms with E-state index in [0.717, 1.165) is 10.5 Å². The summed E-state index contributed by atoms with van der Waals surface area (Å²) in [5.41, 5.74) is 0.824. The standard InChI is InChI=1S/C16H19NO3/c1-5-8-12-11-9-6-7-10-13(11)17(14(12)18)15(19)20-16(2,3)4/h5-7,9-10,12H,1,8H2,2-4H3. The molecule has 1 atom stereocenters. The van der Waals surface area contributed by atoms with Crippen LogP contribution in [-0.4, -0.2) is 17.6 Å². The maximum atomic E-state index is 12.5. The zero-order valence-electron chi connectivity index (χ0n) is 12.1. The Hall–Kier alpha value is -2.10. The maximum absolute atomic E-state index is 12.5. The second-order valence-corrected chi connectivity index (χ2v) is 5.79. The van der Waals surface area contributed by atoms with Crippen molar-refractivity contribution in [2.75, 3.05) is 4.90 Å². The van der Waals surface area contributed by atoms with Gasteiger partial charge in [0.05, 0.1) is 11.6 Å². The summed E-state index contributed by atoms with van der Waals surface area (Å²) in [5, 5.41) is 0. The number of carbonyl (C=O) groups is 2. The van der Waals surface area contributed by atoms with Gasteiger partial charge in [0.2, 0.25) is 5.91 Å². The minimum atomic E-state index is -0.636. The van der Waals surface area contributed by atoms with E-state index in [0.29, 0.717) is 12.1 Å². The summed E-state index contributed by atoms with van der Waals surface area (Å²) in [7, 11) is 0. The van der Waals surface area contributed by atoms with E-state index in [-0.39, 0.29) is 11.8 Å². The third-order valence-electron chi connectivity index (χ3n) is 3.05. The molecular weight excluding hydrogens is 254 g/mol. The van der Waals surface area contributed by atoms with Crippen LogP contribution in [-0.2, 0) is 9.53 Å². The van der Waals surface area contributed by atoms with Gasteiger partial charge in [0.25, 0.3) is 0 Å². The molecule has 2 rings (SSSR count). The lowest BCUT2D eigenvalue weighted by Crippen LogP contribution is -2.39. The van der Waals surface area contributed by atoms with Gasteiger partial charge in [0.15, 0.2) is 0 Å². The number of benzene rings is 1. The molecule has 1 unspecified atom stereocenters. The number of hydrogen-bond acceptors (Lipinski definition) is 3. The van der Waals surface area contributed by atoms with E-state index in [9.17, 15) is 9.59 Å². The molecule has 20 heavy (non-hydrogen) atoms. The van der Waals surface area contributed by atoms with E-state index in [1.807, 2.05) is 12.1 Å². The van der Waals surface area contributed by atoms with E-state index in [1.165, 1.54) is 0 Å². The zero-order chi connectivity index (χ0) is 14.9. The number of amides is 2. The number of carbonyl (C=O) groups excluding carboxylic acids is 2. The summed E-state index contributed by atoms with van der Waals surface area (Å²) >= 11 is 0. The van der Waals surface area contributed by atoms with Gasteiger partial charge >= 0.3 is 6.09 Å². The molecular formula is C16H19NO3. The number of hydrogen-bond donors (Lipinski definition) is 0. The average molecular weight is 273 g/mol. The second-order valence-electron chi connectivity index (χ2n) is 5.79. The Balaban J connectivity index is 2.37. The first-order valence-electron chi connectivity index (χ1n) is 6.62. The predicted molar refractivity (Wildman–Crippen MR) is 77.7 cm³/mol. The highest BCUT2D eigenvalue weighted by Crippen LogP contribution is 2.39. The molecule has 1 aliphatic rings. The summed E-state index contributed by atoms with van der Waals surface area (Å²) in [4.78, 5) is 25.8. The Labute approximate surface area is 119 Å². The lowest BCUT2D eigenvalue weighted by atomic mass is 9.97. The van der Waals surface area contributed by atoms with Gasteiger partial charge in [0.1, 0.15) is 5.60 Å². The molecule has 0 aliphatic carbocycles. The molecule has 1 aromatic carbocycles. The van der Waals surface area contributed by atoms with Gasteiger partial charge in [-0.25, -0.2) is 9.69 Å². The Kier molecular flexibility index (Phi) is 3.66. The Morgan fingerprint density at radius 1 is 1.40 bits per heavy atom. The van der Waals surface area contributed by atoms with Gasteiger partial charge in [-0.05, 0) is 38.8 Å². The molecule has 0 bridgehead atoms. The molecule has 1 heterocycles. The van der Waals surface area contributed by atoms with Crippen molar-refractivity contribution in [1.29, 1.82) is 0 Å². The lowest BCUT2D eigenvalue weighted by molar-refractivity contribution is -0.119. The number of anilines is 1. The summed E-state index contributed by atoms with van der Waals surface area (Å²) in [6, 6.07) is 7.30. The molecule has 4 nitrogen and oxygen atoms in total. The predicted octanol–water partition coefficient (Wildman–Crippen LogP) is 3.63. The molecule has 1 aromatic rings. The van der Waals surface area contributed by atoms with E-state index < -0.39 is 11.7 Å². The van der Waals surface area contributed by atoms with Crippen molar-refractivity contribution in [3.8, 4) is 0 Å². The van der Waals surface area contributed by atoms with Crippen molar-refractivity contribution in [3.63, 3.8) is 0 Å². The molecule has 0 saturated heterocycles. The molecule has 106 valence electrons. The van der Waals surface area contributed by atoms with Crippen LogP contribution in [0.2, 0.25) is 0 Å². The van der Waals surface area contributed by atoms with Crippen molar-refractivity contribution in [3.05, 3.63) is 42.5 Å². The minimum absolute atomic E-state index is 0.250. The monoisotopic (exact) mass is 273 g/mol. The largest absolute Gasteiger partial charge is 0.443 e. The third kappa shape index (κ3) is 2.59. The Bertz CT molecular complexity index is 557. The number of rotatable bonds is 2. The highest BCUT2D eigenvalue weighted by Gasteiger charge is 2.41. The van der Waals surface area contributed by atoms with Crippen LogP contribution in [0.4, 0.5) is 10.5 Å². The van der Waals surface area contributed by atoms with Crippen molar-refractivity contribution in [2.45, 2.75) is 38.7 Å². The Morgan fingerprint density at radius 3 is 2.65 bits per heavy atom. The molecule has 0 spiro atoms. The summed E-state index contributed by atoms with van der Waals surface area (Å²) in [5.74, 6) is -0.600. The number of ether oxygens (including phenoxy) is 1. The number of allylic oxidation sites excluding steroid dienone is 1. The van der Waals surface area contributed by atoms with Crippen molar-refractivity contribution >= 4 is 17.7 Å². The summed E-state index contributed by atoms with van der Waals surface area (Å²) in [6.07, 6.45) is 1.58. The van der Waals surface area contributed by atoms with Crippen LogP contribution >= 0.6 is 0 Å². The molecule has 0 radical (unpaired) electrons. The Morgan fingerprint density at radius 2 is 2.05 bits per heavy atom. The molecule has 0 saturated carbocycles. The maximum Gasteiger partial charge on any atom is 0.421 e. The van der Waals surface area contributed by atoms with Crippen LogP contribution in [0.5, 0.6) is 0 Å². The van der Waals surface area contributed by atoms with Gasteiger partial charge in [0, 0.05) is 0 Å². The third-order valence-corrected chi connectivity index (χ3v) is 3.05. The van der Waals surface area contributed by atoms with Crippen LogP contribution in [0, 0.1) is 0 Å². The van der Waals surface area contributed by atoms with Gasteiger partial charge in [-0.15, -0.1) is 6.58 Å². The molecule has 1 aliphatic heterocycles. The molecule has 0 aromatic heterocycles. The summed E-state index contributed by atoms with van der Waals surface area (Å²) < 4.78 is 5.32. The first kappa shape index (κ1) is 14.3. The normalized spacial score (nSPS) is 17.9. The fraction of sp³-hybridized carbons (Fsp3) is 0.375. The zero-order valence-corrected chi connectivity index (χ0v) is 12.1. The molecule has 2 amide bonds. The van der Waals surface area contributed by atoms with Gasteiger partial charge in [-0.3, -0.25) is 4.79 Å². The SMILES string of the molecule is C=CCC1C(=O)N(C(=O)OC(C)(C)C)c2ccccc21. The number of nitrogens with zero attached hydrogens (tertiary/aromatic N) is 1. The number of para-hydroxylation sites is 1. The van der Waals surface area contributed by atoms with E-state index in [2.05, 4.69) is 6.58 Å². The lowest BCUT2D eigenvalue weighted by Gasteiger charge is -2.24. The topological polar surface area (TPSA) is 46.6 Å². The fourth-order valence-corrected chi connectivity index (χ4v) is 2.28. The first-order chi connectivity index (χ1) is 9.35. The highest BCUT2D eigenvalue weighted by molar-refractivity contribution is 6.19. The van der Waals surface area contributed by atoms with Crippen LogP contribution in [0.15, 0.2) is 36.9 Å². The van der Waals surface area contributed by atoms with E-state index in [1.54, 1.807) is 39.0 Å². The van der Waals surface area contributed by atoms with Crippen molar-refractivity contribution < 1.29 is 14.3 Å². The quantitative estimate of drug-likeness (QED) is 0.773. The molecule has 0 fully saturated rings. The number of fused-ring (bicyclic) bond motifs is 1. The van der Waals surface area contributed by atoms with Crippen LogP contribution in [0.25, 0.3) is 0 Å². The van der Waals surface area contributed by atoms with Crippen LogP contribution in [0.1, 0.15) is 38.7 Å². The molecule has 4 heteroatoms. The first-order valence-corrected chi connectivity index (χ1v) is 6.62. The smallest absolute Gasteiger partial charge is 0.421 e. The number of imide groups is 1. The average Bonchev–Trinajstić information content (AvgIpc) is 2.61. The summed E-state index contributed by atoms with van der Waals surface area (Å²) in [6.45, 7) is 9.00. The van der Waals surface area contributed by atoms with Crippen molar-refractivity contribution in [2.24, 2.45) is 0 Å². The van der Waals surface area contributed by atoms with Gasteiger partial charge in [-0.1, -0.05) is 24.3 Å². The van der Waals surface area contributed by atoms with E-state index >= 15 is 0 Å². The second kappa shape index (κ2) is 5.12. The highest BCUT2D eigenvalue weighted by atomic mass is 16.6. The van der Waals surface area contributed by atoms with Crippen molar-refractivity contribution in [1.82, 2.24) is 0 Å².